The Morgan fingerprint density at radius 1 is 1.28 bits per heavy atom. The average molecular weight is 349 g/mol. The molecule has 1 aliphatic rings. The minimum Gasteiger partial charge on any atom is -0.454 e. The summed E-state index contributed by atoms with van der Waals surface area (Å²) in [5.74, 6) is 1.12. The van der Waals surface area contributed by atoms with Gasteiger partial charge in [0.15, 0.2) is 29.6 Å². The Bertz CT molecular complexity index is 823. The van der Waals surface area contributed by atoms with E-state index in [-0.39, 0.29) is 25.2 Å². The van der Waals surface area contributed by atoms with Crippen LogP contribution >= 0.6 is 0 Å². The number of carbonyl (C=O) groups is 1. The minimum atomic E-state index is -0.812. The number of aryl methyl sites for hydroxylation is 1. The first kappa shape index (κ1) is 16.9. The molecular weight excluding hydrogens is 330 g/mol. The third-order valence-electron chi connectivity index (χ3n) is 4.08. The number of likely N-dealkylation sites (N-methyl/N-ethyl adjacent to an activating group) is 1. The van der Waals surface area contributed by atoms with Gasteiger partial charge in [0.05, 0.1) is 0 Å². The standard InChI is InChI=1S/C17H19NO7/c1-10(6-12-4-5-13-14(7-12)23-9-22-13)18(3)16(19)21-8-15-11(2)24-17(20)25-15/h4-5,7,10H,6,8-9H2,1-3H3/t10-/m0/s1. The third kappa shape index (κ3) is 3.78. The Hall–Kier alpha value is -2.90. The van der Waals surface area contributed by atoms with Crippen molar-refractivity contribution >= 4 is 6.09 Å². The number of carbonyl (C=O) groups excluding carboxylic acids is 1. The monoisotopic (exact) mass is 349 g/mol. The van der Waals surface area contributed by atoms with Crippen LogP contribution in [0.3, 0.4) is 0 Å². The van der Waals surface area contributed by atoms with Gasteiger partial charge in [-0.1, -0.05) is 6.07 Å². The second kappa shape index (κ2) is 6.92. The smallest absolute Gasteiger partial charge is 0.454 e. The predicted molar refractivity (Wildman–Crippen MR) is 85.7 cm³/mol. The lowest BCUT2D eigenvalue weighted by atomic mass is 10.1. The molecule has 2 aromatic rings. The van der Waals surface area contributed by atoms with Gasteiger partial charge in [-0.2, -0.15) is 0 Å². The van der Waals surface area contributed by atoms with Crippen LogP contribution < -0.4 is 15.3 Å². The van der Waals surface area contributed by atoms with Gasteiger partial charge in [0.2, 0.25) is 6.79 Å². The van der Waals surface area contributed by atoms with Crippen molar-refractivity contribution in [2.75, 3.05) is 13.8 Å². The van der Waals surface area contributed by atoms with Gasteiger partial charge in [-0.05, 0) is 38.0 Å². The first-order chi connectivity index (χ1) is 11.9. The zero-order chi connectivity index (χ0) is 18.0. The summed E-state index contributed by atoms with van der Waals surface area (Å²) in [5, 5.41) is 0. The first-order valence-corrected chi connectivity index (χ1v) is 7.81. The fourth-order valence-corrected chi connectivity index (χ4v) is 2.46. The third-order valence-corrected chi connectivity index (χ3v) is 4.08. The SMILES string of the molecule is Cc1oc(=O)oc1COC(=O)N(C)[C@@H](C)Cc1ccc2c(c1)OCO2. The molecule has 134 valence electrons. The molecule has 0 aliphatic carbocycles. The lowest BCUT2D eigenvalue weighted by Gasteiger charge is -2.24. The molecule has 0 unspecified atom stereocenters. The average Bonchev–Trinajstić information content (AvgIpc) is 3.17. The molecule has 2 heterocycles. The molecule has 8 heteroatoms. The van der Waals surface area contributed by atoms with E-state index < -0.39 is 11.9 Å². The van der Waals surface area contributed by atoms with Crippen LogP contribution in [0.25, 0.3) is 0 Å². The van der Waals surface area contributed by atoms with Crippen molar-refractivity contribution in [1.29, 1.82) is 0 Å². The van der Waals surface area contributed by atoms with Crippen LogP contribution in [0.15, 0.2) is 31.8 Å². The van der Waals surface area contributed by atoms with Gasteiger partial charge in [0.1, 0.15) is 0 Å². The van der Waals surface area contributed by atoms with Gasteiger partial charge in [-0.25, -0.2) is 9.59 Å². The minimum absolute atomic E-state index is 0.106. The molecule has 0 radical (unpaired) electrons. The number of ether oxygens (including phenoxy) is 3. The molecule has 25 heavy (non-hydrogen) atoms. The van der Waals surface area contributed by atoms with E-state index in [1.807, 2.05) is 25.1 Å². The van der Waals surface area contributed by atoms with E-state index in [2.05, 4.69) is 0 Å². The number of hydrogen-bond donors (Lipinski definition) is 0. The molecule has 1 aromatic heterocycles. The van der Waals surface area contributed by atoms with Crippen LogP contribution in [0.5, 0.6) is 11.5 Å². The maximum absolute atomic E-state index is 12.2. The van der Waals surface area contributed by atoms with Gasteiger partial charge >= 0.3 is 11.9 Å². The van der Waals surface area contributed by atoms with E-state index in [9.17, 15) is 9.59 Å². The molecule has 0 saturated heterocycles. The summed E-state index contributed by atoms with van der Waals surface area (Å²) >= 11 is 0. The second-order valence-corrected chi connectivity index (χ2v) is 5.84. The predicted octanol–water partition coefficient (Wildman–Crippen LogP) is 2.47. The zero-order valence-corrected chi connectivity index (χ0v) is 14.2. The zero-order valence-electron chi connectivity index (χ0n) is 14.2. The first-order valence-electron chi connectivity index (χ1n) is 7.81. The van der Waals surface area contributed by atoms with Crippen LogP contribution in [0.1, 0.15) is 24.0 Å². The van der Waals surface area contributed by atoms with Crippen molar-refractivity contribution in [1.82, 2.24) is 4.90 Å². The maximum atomic E-state index is 12.2. The van der Waals surface area contributed by atoms with Crippen molar-refractivity contribution in [2.45, 2.75) is 32.9 Å². The number of benzene rings is 1. The van der Waals surface area contributed by atoms with E-state index in [1.165, 1.54) is 4.90 Å². The Morgan fingerprint density at radius 2 is 2.04 bits per heavy atom. The lowest BCUT2D eigenvalue weighted by molar-refractivity contribution is 0.0868. The Balaban J connectivity index is 1.56. The summed E-state index contributed by atoms with van der Waals surface area (Å²) in [5.41, 5.74) is 1.02. The Labute approximate surface area is 143 Å². The molecule has 0 saturated carbocycles. The largest absolute Gasteiger partial charge is 0.519 e. The molecule has 0 spiro atoms. The van der Waals surface area contributed by atoms with Crippen LogP contribution in [-0.4, -0.2) is 30.9 Å². The molecular formula is C17H19NO7. The highest BCUT2D eigenvalue weighted by Crippen LogP contribution is 2.32. The summed E-state index contributed by atoms with van der Waals surface area (Å²) in [4.78, 5) is 24.6. The number of nitrogens with zero attached hydrogens (tertiary/aromatic N) is 1. The molecule has 1 aliphatic heterocycles. The summed E-state index contributed by atoms with van der Waals surface area (Å²) in [6, 6.07) is 5.59. The van der Waals surface area contributed by atoms with E-state index in [1.54, 1.807) is 14.0 Å². The molecule has 0 bridgehead atoms. The summed E-state index contributed by atoms with van der Waals surface area (Å²) in [6.07, 6.45) is 0.110. The van der Waals surface area contributed by atoms with Gasteiger partial charge in [0, 0.05) is 13.1 Å². The summed E-state index contributed by atoms with van der Waals surface area (Å²) in [7, 11) is 1.65. The van der Waals surface area contributed by atoms with Crippen molar-refractivity contribution < 1.29 is 27.8 Å². The fraction of sp³-hybridized carbons (Fsp3) is 0.412. The maximum Gasteiger partial charge on any atom is 0.519 e. The van der Waals surface area contributed by atoms with E-state index >= 15 is 0 Å². The van der Waals surface area contributed by atoms with Crippen LogP contribution in [0, 0.1) is 6.92 Å². The molecule has 8 nitrogen and oxygen atoms in total. The molecule has 1 aromatic carbocycles. The number of rotatable bonds is 5. The van der Waals surface area contributed by atoms with Gasteiger partial charge < -0.3 is 27.9 Å². The molecule has 0 fully saturated rings. The van der Waals surface area contributed by atoms with E-state index in [4.69, 9.17) is 23.0 Å². The number of hydrogen-bond acceptors (Lipinski definition) is 7. The van der Waals surface area contributed by atoms with Gasteiger partial charge in [0.25, 0.3) is 0 Å². The normalized spacial score (nSPS) is 13.6. The quantitative estimate of drug-likeness (QED) is 0.819. The fourth-order valence-electron chi connectivity index (χ4n) is 2.46. The van der Waals surface area contributed by atoms with Crippen molar-refractivity contribution in [3.8, 4) is 11.5 Å². The van der Waals surface area contributed by atoms with Crippen molar-refractivity contribution in [3.63, 3.8) is 0 Å². The number of amides is 1. The molecule has 1 atom stereocenters. The van der Waals surface area contributed by atoms with Gasteiger partial charge in [-0.3, -0.25) is 0 Å². The molecule has 0 N–H and O–H groups in total. The summed E-state index contributed by atoms with van der Waals surface area (Å²) < 4.78 is 25.3. The highest BCUT2D eigenvalue weighted by Gasteiger charge is 2.20. The highest BCUT2D eigenvalue weighted by molar-refractivity contribution is 5.67. The summed E-state index contributed by atoms with van der Waals surface area (Å²) in [6.45, 7) is 3.55. The van der Waals surface area contributed by atoms with Crippen molar-refractivity contribution in [2.24, 2.45) is 0 Å². The highest BCUT2D eigenvalue weighted by atomic mass is 16.7. The lowest BCUT2D eigenvalue weighted by Crippen LogP contribution is -2.36. The topological polar surface area (TPSA) is 91.4 Å². The van der Waals surface area contributed by atoms with E-state index in [0.29, 0.717) is 17.9 Å². The Morgan fingerprint density at radius 3 is 2.76 bits per heavy atom. The molecule has 3 rings (SSSR count). The van der Waals surface area contributed by atoms with Gasteiger partial charge in [-0.15, -0.1) is 0 Å². The Kier molecular flexibility index (Phi) is 4.69. The number of fused-ring (bicyclic) bond motifs is 1. The van der Waals surface area contributed by atoms with Crippen LogP contribution in [0.2, 0.25) is 0 Å². The van der Waals surface area contributed by atoms with E-state index in [0.717, 1.165) is 11.3 Å². The van der Waals surface area contributed by atoms with Crippen LogP contribution in [0.4, 0.5) is 4.79 Å². The molecule has 1 amide bonds. The van der Waals surface area contributed by atoms with Crippen molar-refractivity contribution in [3.05, 3.63) is 45.9 Å². The second-order valence-electron chi connectivity index (χ2n) is 5.84. The van der Waals surface area contributed by atoms with Crippen LogP contribution in [-0.2, 0) is 17.8 Å².